The molecular weight excluding hydrogens is 218 g/mol. The summed E-state index contributed by atoms with van der Waals surface area (Å²) in [6.07, 6.45) is 4.35. The predicted octanol–water partition coefficient (Wildman–Crippen LogP) is 3.24. The second-order valence-corrected chi connectivity index (χ2v) is 4.87. The van der Waals surface area contributed by atoms with E-state index in [4.69, 9.17) is 0 Å². The van der Waals surface area contributed by atoms with Crippen molar-refractivity contribution in [2.45, 2.75) is 20.3 Å². The molecular formula is C13H13NOS. The van der Waals surface area contributed by atoms with Crippen molar-refractivity contribution in [2.24, 2.45) is 0 Å². The van der Waals surface area contributed by atoms with Crippen molar-refractivity contribution in [3.8, 4) is 0 Å². The maximum absolute atomic E-state index is 12.1. The largest absolute Gasteiger partial charge is 0.288 e. The molecule has 2 nitrogen and oxygen atoms in total. The van der Waals surface area contributed by atoms with Crippen molar-refractivity contribution in [3.05, 3.63) is 51.5 Å². The van der Waals surface area contributed by atoms with Gasteiger partial charge in [-0.25, -0.2) is 0 Å². The number of rotatable bonds is 3. The summed E-state index contributed by atoms with van der Waals surface area (Å²) in [5.74, 6) is 0.0703. The number of nitrogens with zero attached hydrogens (tertiary/aromatic N) is 1. The number of hydrogen-bond donors (Lipinski definition) is 0. The molecule has 0 aliphatic carbocycles. The Kier molecular flexibility index (Phi) is 3.15. The van der Waals surface area contributed by atoms with Crippen molar-refractivity contribution in [2.75, 3.05) is 0 Å². The maximum Gasteiger partial charge on any atom is 0.204 e. The Morgan fingerprint density at radius 3 is 2.81 bits per heavy atom. The molecule has 0 radical (unpaired) electrons. The van der Waals surface area contributed by atoms with E-state index in [2.05, 4.69) is 11.9 Å². The monoisotopic (exact) mass is 231 g/mol. The Bertz CT molecular complexity index is 516. The minimum Gasteiger partial charge on any atom is -0.288 e. The van der Waals surface area contributed by atoms with Gasteiger partial charge in [-0.15, -0.1) is 11.3 Å². The van der Waals surface area contributed by atoms with Gasteiger partial charge in [0.2, 0.25) is 5.78 Å². The highest BCUT2D eigenvalue weighted by atomic mass is 32.1. The van der Waals surface area contributed by atoms with Crippen LogP contribution in [0.15, 0.2) is 30.6 Å². The normalized spacial score (nSPS) is 10.4. The van der Waals surface area contributed by atoms with Crippen LogP contribution in [0.3, 0.4) is 0 Å². The number of carbonyl (C=O) groups is 1. The Morgan fingerprint density at radius 1 is 1.38 bits per heavy atom. The van der Waals surface area contributed by atoms with E-state index in [0.717, 1.165) is 16.9 Å². The van der Waals surface area contributed by atoms with E-state index in [1.165, 1.54) is 4.88 Å². The number of pyridine rings is 1. The van der Waals surface area contributed by atoms with Crippen LogP contribution < -0.4 is 0 Å². The molecule has 16 heavy (non-hydrogen) atoms. The van der Waals surface area contributed by atoms with E-state index in [9.17, 15) is 4.79 Å². The average molecular weight is 231 g/mol. The summed E-state index contributed by atoms with van der Waals surface area (Å²) in [5, 5.41) is 0. The SMILES string of the molecule is CCc1ccc(C(=O)c2cncc(C)c2)s1. The van der Waals surface area contributed by atoms with Gasteiger partial charge < -0.3 is 0 Å². The van der Waals surface area contributed by atoms with Crippen molar-refractivity contribution in [1.29, 1.82) is 0 Å². The molecule has 2 aromatic rings. The van der Waals surface area contributed by atoms with E-state index in [1.54, 1.807) is 23.7 Å². The van der Waals surface area contributed by atoms with Crippen LogP contribution in [-0.2, 0) is 6.42 Å². The first-order valence-corrected chi connectivity index (χ1v) is 6.07. The van der Waals surface area contributed by atoms with Gasteiger partial charge in [-0.3, -0.25) is 9.78 Å². The Labute approximate surface area is 99.0 Å². The average Bonchev–Trinajstić information content (AvgIpc) is 2.76. The molecule has 0 saturated heterocycles. The zero-order chi connectivity index (χ0) is 11.5. The molecule has 0 bridgehead atoms. The summed E-state index contributed by atoms with van der Waals surface area (Å²) in [4.78, 5) is 18.2. The third kappa shape index (κ3) is 2.19. The summed E-state index contributed by atoms with van der Waals surface area (Å²) < 4.78 is 0. The minimum absolute atomic E-state index is 0.0703. The highest BCUT2D eigenvalue weighted by Crippen LogP contribution is 2.20. The van der Waals surface area contributed by atoms with Gasteiger partial charge in [0, 0.05) is 22.8 Å². The molecule has 0 amide bonds. The van der Waals surface area contributed by atoms with Gasteiger partial charge in [0.05, 0.1) is 4.88 Å². The van der Waals surface area contributed by atoms with Gasteiger partial charge >= 0.3 is 0 Å². The Hall–Kier alpha value is -1.48. The zero-order valence-corrected chi connectivity index (χ0v) is 10.2. The number of aromatic nitrogens is 1. The molecule has 2 aromatic heterocycles. The molecule has 0 aliphatic heterocycles. The summed E-state index contributed by atoms with van der Waals surface area (Å²) in [6, 6.07) is 5.79. The first-order valence-electron chi connectivity index (χ1n) is 5.25. The second kappa shape index (κ2) is 4.58. The maximum atomic E-state index is 12.1. The fraction of sp³-hybridized carbons (Fsp3) is 0.231. The Morgan fingerprint density at radius 2 is 2.19 bits per heavy atom. The molecule has 2 rings (SSSR count). The van der Waals surface area contributed by atoms with Gasteiger partial charge in [-0.1, -0.05) is 6.92 Å². The lowest BCUT2D eigenvalue weighted by molar-refractivity contribution is 0.104. The van der Waals surface area contributed by atoms with Crippen molar-refractivity contribution < 1.29 is 4.79 Å². The number of ketones is 1. The van der Waals surface area contributed by atoms with Gasteiger partial charge in [0.25, 0.3) is 0 Å². The van der Waals surface area contributed by atoms with Crippen molar-refractivity contribution in [1.82, 2.24) is 4.98 Å². The van der Waals surface area contributed by atoms with Crippen LogP contribution in [0.1, 0.15) is 32.6 Å². The third-order valence-electron chi connectivity index (χ3n) is 2.37. The van der Waals surface area contributed by atoms with Crippen LogP contribution in [0.4, 0.5) is 0 Å². The molecule has 0 fully saturated rings. The lowest BCUT2D eigenvalue weighted by Gasteiger charge is -1.98. The van der Waals surface area contributed by atoms with Crippen LogP contribution in [0.25, 0.3) is 0 Å². The topological polar surface area (TPSA) is 30.0 Å². The summed E-state index contributed by atoms with van der Waals surface area (Å²) in [5.41, 5.74) is 1.68. The van der Waals surface area contributed by atoms with Crippen LogP contribution in [-0.4, -0.2) is 10.8 Å². The smallest absolute Gasteiger partial charge is 0.204 e. The number of aryl methyl sites for hydroxylation is 2. The standard InChI is InChI=1S/C13H13NOS/c1-3-11-4-5-12(16-11)13(15)10-6-9(2)7-14-8-10/h4-8H,3H2,1-2H3. The molecule has 3 heteroatoms. The first-order chi connectivity index (χ1) is 7.70. The van der Waals surface area contributed by atoms with E-state index >= 15 is 0 Å². The Balaban J connectivity index is 2.31. The van der Waals surface area contributed by atoms with Crippen LogP contribution >= 0.6 is 11.3 Å². The quantitative estimate of drug-likeness (QED) is 0.759. The first kappa shape index (κ1) is 11.0. The summed E-state index contributed by atoms with van der Waals surface area (Å²) >= 11 is 1.56. The minimum atomic E-state index is 0.0703. The molecule has 0 unspecified atom stereocenters. The van der Waals surface area contributed by atoms with E-state index in [-0.39, 0.29) is 5.78 Å². The van der Waals surface area contributed by atoms with Crippen molar-refractivity contribution in [3.63, 3.8) is 0 Å². The number of hydrogen-bond acceptors (Lipinski definition) is 3. The van der Waals surface area contributed by atoms with Crippen molar-refractivity contribution >= 4 is 17.1 Å². The molecule has 0 atom stereocenters. The van der Waals surface area contributed by atoms with E-state index in [1.807, 2.05) is 25.1 Å². The van der Waals surface area contributed by atoms with E-state index in [0.29, 0.717) is 5.56 Å². The van der Waals surface area contributed by atoms with Crippen LogP contribution in [0, 0.1) is 6.92 Å². The highest BCUT2D eigenvalue weighted by molar-refractivity contribution is 7.14. The molecule has 0 aromatic carbocycles. The summed E-state index contributed by atoms with van der Waals surface area (Å²) in [6.45, 7) is 4.03. The molecule has 0 saturated carbocycles. The molecule has 82 valence electrons. The molecule has 0 spiro atoms. The molecule has 2 heterocycles. The number of carbonyl (C=O) groups excluding carboxylic acids is 1. The summed E-state index contributed by atoms with van der Waals surface area (Å²) in [7, 11) is 0. The molecule has 0 aliphatic rings. The fourth-order valence-electron chi connectivity index (χ4n) is 1.51. The van der Waals surface area contributed by atoms with Gasteiger partial charge in [-0.05, 0) is 37.1 Å². The van der Waals surface area contributed by atoms with Crippen LogP contribution in [0.5, 0.6) is 0 Å². The third-order valence-corrected chi connectivity index (χ3v) is 3.60. The van der Waals surface area contributed by atoms with E-state index < -0.39 is 0 Å². The molecule has 0 N–H and O–H groups in total. The zero-order valence-electron chi connectivity index (χ0n) is 9.36. The fourth-order valence-corrected chi connectivity index (χ4v) is 2.42. The van der Waals surface area contributed by atoms with Gasteiger partial charge in [-0.2, -0.15) is 0 Å². The number of thiophene rings is 1. The predicted molar refractivity (Wildman–Crippen MR) is 66.1 cm³/mol. The van der Waals surface area contributed by atoms with Crippen LogP contribution in [0.2, 0.25) is 0 Å². The lowest BCUT2D eigenvalue weighted by Crippen LogP contribution is -1.99. The highest BCUT2D eigenvalue weighted by Gasteiger charge is 2.11. The van der Waals surface area contributed by atoms with Gasteiger partial charge in [0.1, 0.15) is 0 Å². The lowest BCUT2D eigenvalue weighted by atomic mass is 10.1. The second-order valence-electron chi connectivity index (χ2n) is 3.70. The van der Waals surface area contributed by atoms with Gasteiger partial charge in [0.15, 0.2) is 0 Å².